The van der Waals surface area contributed by atoms with E-state index in [1.165, 1.54) is 23.9 Å². The number of anilines is 1. The van der Waals surface area contributed by atoms with Crippen LogP contribution in [0, 0.1) is 19.7 Å². The topological polar surface area (TPSA) is 43.1 Å². The fourth-order valence-electron chi connectivity index (χ4n) is 2.02. The molecule has 0 aliphatic carbocycles. The van der Waals surface area contributed by atoms with Crippen LogP contribution in [0.15, 0.2) is 41.3 Å². The summed E-state index contributed by atoms with van der Waals surface area (Å²) in [7, 11) is 0. The first kappa shape index (κ1) is 14.6. The summed E-state index contributed by atoms with van der Waals surface area (Å²) in [5.74, 6) is -0.301. The molecule has 4 heteroatoms. The lowest BCUT2D eigenvalue weighted by Gasteiger charge is -2.15. The van der Waals surface area contributed by atoms with Crippen molar-refractivity contribution in [3.05, 3.63) is 58.9 Å². The van der Waals surface area contributed by atoms with Crippen LogP contribution < -0.4 is 5.73 Å². The molecule has 0 saturated heterocycles. The Balaban J connectivity index is 2.33. The Morgan fingerprint density at radius 1 is 1.20 bits per heavy atom. The van der Waals surface area contributed by atoms with Crippen molar-refractivity contribution in [3.63, 3.8) is 0 Å². The van der Waals surface area contributed by atoms with E-state index in [-0.39, 0.29) is 11.1 Å². The van der Waals surface area contributed by atoms with E-state index in [0.717, 1.165) is 27.9 Å². The Labute approximate surface area is 122 Å². The fourth-order valence-corrected chi connectivity index (χ4v) is 3.09. The molecule has 2 aromatic carbocycles. The molecule has 2 rings (SSSR count). The van der Waals surface area contributed by atoms with E-state index < -0.39 is 0 Å². The van der Waals surface area contributed by atoms with Gasteiger partial charge in [-0.25, -0.2) is 4.39 Å². The van der Waals surface area contributed by atoms with Crippen molar-refractivity contribution < 1.29 is 9.18 Å². The van der Waals surface area contributed by atoms with Crippen LogP contribution in [0.4, 0.5) is 10.1 Å². The van der Waals surface area contributed by atoms with Crippen LogP contribution in [0.1, 0.15) is 21.9 Å². The monoisotopic (exact) mass is 289 g/mol. The summed E-state index contributed by atoms with van der Waals surface area (Å²) in [5.41, 5.74) is 9.40. The van der Waals surface area contributed by atoms with Gasteiger partial charge in [-0.05, 0) is 54.8 Å². The Morgan fingerprint density at radius 3 is 2.60 bits per heavy atom. The minimum atomic E-state index is -0.365. The van der Waals surface area contributed by atoms with Gasteiger partial charge in [0.15, 0.2) is 0 Å². The van der Waals surface area contributed by atoms with Crippen LogP contribution in [0.2, 0.25) is 0 Å². The van der Waals surface area contributed by atoms with Crippen molar-refractivity contribution >= 4 is 23.7 Å². The van der Waals surface area contributed by atoms with Crippen LogP contribution >= 0.6 is 11.8 Å². The predicted molar refractivity (Wildman–Crippen MR) is 81.4 cm³/mol. The molecule has 0 amide bonds. The summed E-state index contributed by atoms with van der Waals surface area (Å²) in [6.07, 6.45) is 0.882. The number of nitrogen functional groups attached to an aromatic ring is 1. The number of aryl methyl sites for hydroxylation is 2. The number of carbonyl (C=O) groups excluding carboxylic acids is 1. The molecule has 104 valence electrons. The molecule has 2 aromatic rings. The summed E-state index contributed by atoms with van der Waals surface area (Å²) in [5, 5.41) is -0.365. The number of nitrogens with two attached hydrogens (primary N) is 1. The van der Waals surface area contributed by atoms with Gasteiger partial charge in [0, 0.05) is 10.6 Å². The van der Waals surface area contributed by atoms with Gasteiger partial charge in [0.25, 0.3) is 0 Å². The zero-order valence-corrected chi connectivity index (χ0v) is 12.2. The van der Waals surface area contributed by atoms with Crippen LogP contribution in [-0.4, -0.2) is 6.29 Å². The summed E-state index contributed by atoms with van der Waals surface area (Å²) < 4.78 is 13.2. The quantitative estimate of drug-likeness (QED) is 0.524. The van der Waals surface area contributed by atoms with E-state index in [9.17, 15) is 9.18 Å². The van der Waals surface area contributed by atoms with Crippen LogP contribution in [0.3, 0.4) is 0 Å². The third kappa shape index (κ3) is 3.20. The minimum Gasteiger partial charge on any atom is -0.399 e. The van der Waals surface area contributed by atoms with Gasteiger partial charge >= 0.3 is 0 Å². The summed E-state index contributed by atoms with van der Waals surface area (Å²) in [4.78, 5) is 12.1. The van der Waals surface area contributed by atoms with E-state index in [4.69, 9.17) is 5.73 Å². The van der Waals surface area contributed by atoms with Crippen molar-refractivity contribution in [2.24, 2.45) is 0 Å². The van der Waals surface area contributed by atoms with E-state index in [1.807, 2.05) is 26.0 Å². The largest absolute Gasteiger partial charge is 0.399 e. The van der Waals surface area contributed by atoms with Crippen molar-refractivity contribution in [3.8, 4) is 0 Å². The van der Waals surface area contributed by atoms with E-state index in [1.54, 1.807) is 12.1 Å². The first-order valence-electron chi connectivity index (χ1n) is 6.25. The minimum absolute atomic E-state index is 0.301. The lowest BCUT2D eigenvalue weighted by molar-refractivity contribution is -0.107. The molecule has 2 N–H and O–H groups in total. The summed E-state index contributed by atoms with van der Waals surface area (Å²) in [6, 6.07) is 10.0. The number of hydrogen-bond donors (Lipinski definition) is 1. The number of benzene rings is 2. The smallest absolute Gasteiger partial charge is 0.137 e. The lowest BCUT2D eigenvalue weighted by Crippen LogP contribution is -2.01. The molecule has 0 fully saturated rings. The van der Waals surface area contributed by atoms with Gasteiger partial charge < -0.3 is 10.5 Å². The third-order valence-corrected chi connectivity index (χ3v) is 4.29. The van der Waals surface area contributed by atoms with E-state index >= 15 is 0 Å². The molecule has 0 bridgehead atoms. The van der Waals surface area contributed by atoms with Crippen molar-refractivity contribution in [1.29, 1.82) is 0 Å². The average molecular weight is 289 g/mol. The second-order valence-electron chi connectivity index (χ2n) is 4.70. The second kappa shape index (κ2) is 6.09. The third-order valence-electron chi connectivity index (χ3n) is 3.14. The van der Waals surface area contributed by atoms with Gasteiger partial charge in [0.05, 0.1) is 5.25 Å². The van der Waals surface area contributed by atoms with Gasteiger partial charge in [-0.2, -0.15) is 0 Å². The highest BCUT2D eigenvalue weighted by molar-refractivity contribution is 8.00. The van der Waals surface area contributed by atoms with Crippen LogP contribution in [0.25, 0.3) is 0 Å². The highest BCUT2D eigenvalue weighted by Crippen LogP contribution is 2.36. The maximum absolute atomic E-state index is 13.2. The van der Waals surface area contributed by atoms with Crippen molar-refractivity contribution in [1.82, 2.24) is 0 Å². The number of carbonyl (C=O) groups is 1. The van der Waals surface area contributed by atoms with Crippen molar-refractivity contribution in [2.45, 2.75) is 24.0 Å². The standard InChI is InChI=1S/C16H16FNOS/c1-10-7-15(18)11(2)6-14(10)16(9-19)20-13-5-3-4-12(17)8-13/h3-9,16H,18H2,1-2H3/t16-/m1/s1. The molecule has 0 heterocycles. The second-order valence-corrected chi connectivity index (χ2v) is 5.91. The van der Waals surface area contributed by atoms with E-state index in [0.29, 0.717) is 5.69 Å². The molecule has 0 radical (unpaired) electrons. The Kier molecular flexibility index (Phi) is 4.45. The number of halogens is 1. The van der Waals surface area contributed by atoms with Crippen molar-refractivity contribution in [2.75, 3.05) is 5.73 Å². The maximum Gasteiger partial charge on any atom is 0.137 e. The summed E-state index contributed by atoms with van der Waals surface area (Å²) >= 11 is 1.34. The molecule has 0 aliphatic heterocycles. The number of aldehydes is 1. The molecule has 0 spiro atoms. The van der Waals surface area contributed by atoms with Crippen LogP contribution in [-0.2, 0) is 4.79 Å². The Morgan fingerprint density at radius 2 is 1.95 bits per heavy atom. The first-order valence-corrected chi connectivity index (χ1v) is 7.13. The highest BCUT2D eigenvalue weighted by Gasteiger charge is 2.16. The zero-order chi connectivity index (χ0) is 14.7. The highest BCUT2D eigenvalue weighted by atomic mass is 32.2. The molecule has 0 saturated carbocycles. The molecular weight excluding hydrogens is 273 g/mol. The number of thioether (sulfide) groups is 1. The average Bonchev–Trinajstić information content (AvgIpc) is 2.40. The van der Waals surface area contributed by atoms with Crippen LogP contribution in [0.5, 0.6) is 0 Å². The first-order chi connectivity index (χ1) is 9.51. The molecule has 2 nitrogen and oxygen atoms in total. The van der Waals surface area contributed by atoms with Gasteiger partial charge in [-0.3, -0.25) is 0 Å². The molecule has 20 heavy (non-hydrogen) atoms. The van der Waals surface area contributed by atoms with Gasteiger partial charge in [-0.15, -0.1) is 11.8 Å². The SMILES string of the molecule is Cc1cc([C@@H](C=O)Sc2cccc(F)c2)c(C)cc1N. The molecule has 0 unspecified atom stereocenters. The molecule has 0 aromatic heterocycles. The maximum atomic E-state index is 13.2. The normalized spacial score (nSPS) is 12.2. The van der Waals surface area contributed by atoms with Gasteiger partial charge in [0.2, 0.25) is 0 Å². The fraction of sp³-hybridized carbons (Fsp3) is 0.188. The van der Waals surface area contributed by atoms with Gasteiger partial charge in [-0.1, -0.05) is 12.1 Å². The Hall–Kier alpha value is -1.81. The molecule has 0 aliphatic rings. The summed E-state index contributed by atoms with van der Waals surface area (Å²) in [6.45, 7) is 3.83. The zero-order valence-electron chi connectivity index (χ0n) is 11.4. The van der Waals surface area contributed by atoms with E-state index in [2.05, 4.69) is 0 Å². The molecule has 1 atom stereocenters. The predicted octanol–water partition coefficient (Wildman–Crippen LogP) is 4.06. The molecular formula is C16H16FNOS. The number of hydrogen-bond acceptors (Lipinski definition) is 3. The Bertz CT molecular complexity index is 642. The number of rotatable bonds is 4. The van der Waals surface area contributed by atoms with Gasteiger partial charge in [0.1, 0.15) is 12.1 Å². The lowest BCUT2D eigenvalue weighted by atomic mass is 10.0.